The van der Waals surface area contributed by atoms with Gasteiger partial charge in [0.25, 0.3) is 0 Å². The van der Waals surface area contributed by atoms with E-state index in [1.807, 2.05) is 61.5 Å². The van der Waals surface area contributed by atoms with Crippen LogP contribution in [0.4, 0.5) is 4.79 Å². The molecular formula is C32H34N2O5. The largest absolute Gasteiger partial charge is 0.481 e. The number of fused-ring (bicyclic) bond motifs is 3. The van der Waals surface area contributed by atoms with Crippen LogP contribution in [-0.4, -0.2) is 47.2 Å². The number of carbonyl (C=O) groups excluding carboxylic acids is 2. The third-order valence-corrected chi connectivity index (χ3v) is 8.18. The highest BCUT2D eigenvalue weighted by Crippen LogP contribution is 2.45. The molecule has 1 saturated carbocycles. The van der Waals surface area contributed by atoms with Gasteiger partial charge in [-0.25, -0.2) is 4.79 Å². The minimum atomic E-state index is -0.953. The minimum Gasteiger partial charge on any atom is -0.481 e. The maximum absolute atomic E-state index is 13.9. The van der Waals surface area contributed by atoms with Crippen LogP contribution in [0.2, 0.25) is 0 Å². The number of hydrogen-bond acceptors (Lipinski definition) is 4. The van der Waals surface area contributed by atoms with Crippen LogP contribution >= 0.6 is 0 Å². The molecule has 39 heavy (non-hydrogen) atoms. The SMILES string of the molecule is CC1(C(=O)N(CCC(=O)O)Cc2ccccc2)CCCC1NC(=O)OCC1c2ccccc2-c2ccccc21. The van der Waals surface area contributed by atoms with Gasteiger partial charge >= 0.3 is 12.1 Å². The second-order valence-electron chi connectivity index (χ2n) is 10.7. The lowest BCUT2D eigenvalue weighted by molar-refractivity contribution is -0.144. The lowest BCUT2D eigenvalue weighted by atomic mass is 9.83. The Morgan fingerprint density at radius 2 is 1.56 bits per heavy atom. The molecule has 7 nitrogen and oxygen atoms in total. The van der Waals surface area contributed by atoms with Crippen LogP contribution < -0.4 is 5.32 Å². The molecule has 2 unspecified atom stereocenters. The highest BCUT2D eigenvalue weighted by Gasteiger charge is 2.48. The van der Waals surface area contributed by atoms with E-state index in [9.17, 15) is 19.5 Å². The summed E-state index contributed by atoms with van der Waals surface area (Å²) in [5.41, 5.74) is 4.69. The molecule has 2 aliphatic carbocycles. The topological polar surface area (TPSA) is 95.9 Å². The van der Waals surface area contributed by atoms with E-state index in [2.05, 4.69) is 29.6 Å². The number of rotatable bonds is 9. The molecule has 2 aliphatic rings. The first-order chi connectivity index (χ1) is 18.9. The van der Waals surface area contributed by atoms with Gasteiger partial charge in [-0.05, 0) is 47.6 Å². The normalized spacial score (nSPS) is 19.7. The molecule has 0 spiro atoms. The number of hydrogen-bond donors (Lipinski definition) is 2. The molecule has 1 fully saturated rings. The van der Waals surface area contributed by atoms with Crippen LogP contribution in [0, 0.1) is 5.41 Å². The zero-order valence-corrected chi connectivity index (χ0v) is 22.1. The van der Waals surface area contributed by atoms with Crippen LogP contribution in [0.3, 0.4) is 0 Å². The third kappa shape index (κ3) is 5.53. The van der Waals surface area contributed by atoms with Crippen molar-refractivity contribution in [1.29, 1.82) is 0 Å². The first-order valence-corrected chi connectivity index (χ1v) is 13.5. The van der Waals surface area contributed by atoms with Crippen molar-refractivity contribution in [2.45, 2.75) is 51.1 Å². The Balaban J connectivity index is 1.26. The predicted octanol–water partition coefficient (Wildman–Crippen LogP) is 5.59. The van der Waals surface area contributed by atoms with Crippen molar-refractivity contribution in [3.05, 3.63) is 95.6 Å². The summed E-state index contributed by atoms with van der Waals surface area (Å²) >= 11 is 0. The summed E-state index contributed by atoms with van der Waals surface area (Å²) in [6.45, 7) is 2.50. The number of carbonyl (C=O) groups is 3. The number of amides is 2. The second kappa shape index (κ2) is 11.3. The summed E-state index contributed by atoms with van der Waals surface area (Å²) in [6, 6.07) is 25.5. The number of alkyl carbamates (subject to hydrolysis) is 1. The molecular weight excluding hydrogens is 492 g/mol. The highest BCUT2D eigenvalue weighted by molar-refractivity contribution is 5.85. The molecule has 3 aromatic carbocycles. The summed E-state index contributed by atoms with van der Waals surface area (Å²) in [5.74, 6) is -1.14. The molecule has 2 N–H and O–H groups in total. The monoisotopic (exact) mass is 526 g/mol. The van der Waals surface area contributed by atoms with Gasteiger partial charge in [0.2, 0.25) is 5.91 Å². The van der Waals surface area contributed by atoms with Crippen LogP contribution in [0.25, 0.3) is 11.1 Å². The summed E-state index contributed by atoms with van der Waals surface area (Å²) in [7, 11) is 0. The van der Waals surface area contributed by atoms with Crippen molar-refractivity contribution in [3.63, 3.8) is 0 Å². The van der Waals surface area contributed by atoms with Gasteiger partial charge < -0.3 is 20.1 Å². The molecule has 3 aromatic rings. The molecule has 202 valence electrons. The molecule has 0 heterocycles. The van der Waals surface area contributed by atoms with Crippen LogP contribution in [-0.2, 0) is 20.9 Å². The maximum atomic E-state index is 13.9. The first-order valence-electron chi connectivity index (χ1n) is 13.5. The Morgan fingerprint density at radius 3 is 2.21 bits per heavy atom. The number of aliphatic carboxylic acids is 1. The van der Waals surface area contributed by atoms with Crippen molar-refractivity contribution >= 4 is 18.0 Å². The van der Waals surface area contributed by atoms with Gasteiger partial charge in [0, 0.05) is 25.0 Å². The number of ether oxygens (including phenoxy) is 1. The fourth-order valence-corrected chi connectivity index (χ4v) is 6.08. The average Bonchev–Trinajstić information content (AvgIpc) is 3.48. The fraction of sp³-hybridized carbons (Fsp3) is 0.344. The Bertz CT molecular complexity index is 1310. The Hall–Kier alpha value is -4.13. The Labute approximate surface area is 228 Å². The van der Waals surface area contributed by atoms with Crippen molar-refractivity contribution < 1.29 is 24.2 Å². The van der Waals surface area contributed by atoms with Crippen LogP contribution in [0.15, 0.2) is 78.9 Å². The molecule has 2 atom stereocenters. The summed E-state index contributed by atoms with van der Waals surface area (Å²) < 4.78 is 5.76. The molecule has 0 aliphatic heterocycles. The van der Waals surface area contributed by atoms with E-state index >= 15 is 0 Å². The Morgan fingerprint density at radius 1 is 0.949 bits per heavy atom. The first kappa shape index (κ1) is 26.5. The maximum Gasteiger partial charge on any atom is 0.407 e. The van der Waals surface area contributed by atoms with Gasteiger partial charge in [0.15, 0.2) is 0 Å². The van der Waals surface area contributed by atoms with E-state index in [4.69, 9.17) is 4.74 Å². The lowest BCUT2D eigenvalue weighted by Gasteiger charge is -2.36. The van der Waals surface area contributed by atoms with E-state index in [0.717, 1.165) is 34.2 Å². The van der Waals surface area contributed by atoms with Gasteiger partial charge in [-0.2, -0.15) is 0 Å². The number of nitrogens with one attached hydrogen (secondary N) is 1. The Kier molecular flexibility index (Phi) is 7.68. The number of benzene rings is 3. The lowest BCUT2D eigenvalue weighted by Crippen LogP contribution is -2.52. The van der Waals surface area contributed by atoms with Gasteiger partial charge in [-0.1, -0.05) is 85.3 Å². The van der Waals surface area contributed by atoms with Crippen molar-refractivity contribution in [3.8, 4) is 11.1 Å². The molecule has 7 heteroatoms. The van der Waals surface area contributed by atoms with E-state index < -0.39 is 23.5 Å². The molecule has 0 saturated heterocycles. The summed E-state index contributed by atoms with van der Waals surface area (Å²) in [4.78, 5) is 39.8. The molecule has 0 bridgehead atoms. The molecule has 2 amide bonds. The summed E-state index contributed by atoms with van der Waals surface area (Å²) in [6.07, 6.45) is 1.37. The smallest absolute Gasteiger partial charge is 0.407 e. The zero-order valence-electron chi connectivity index (χ0n) is 22.1. The van der Waals surface area contributed by atoms with E-state index in [1.54, 1.807) is 4.90 Å². The van der Waals surface area contributed by atoms with E-state index in [0.29, 0.717) is 19.4 Å². The quantitative estimate of drug-likeness (QED) is 0.379. The highest BCUT2D eigenvalue weighted by atomic mass is 16.5. The summed E-state index contributed by atoms with van der Waals surface area (Å²) in [5, 5.41) is 12.3. The zero-order chi connectivity index (χ0) is 27.4. The predicted molar refractivity (Wildman–Crippen MR) is 148 cm³/mol. The van der Waals surface area contributed by atoms with E-state index in [1.165, 1.54) is 0 Å². The van der Waals surface area contributed by atoms with Gasteiger partial charge in [0.05, 0.1) is 11.8 Å². The van der Waals surface area contributed by atoms with Crippen molar-refractivity contribution in [2.24, 2.45) is 5.41 Å². The molecule has 0 aromatic heterocycles. The minimum absolute atomic E-state index is 0.0443. The number of carboxylic acids is 1. The molecule has 5 rings (SSSR count). The molecule has 0 radical (unpaired) electrons. The van der Waals surface area contributed by atoms with Crippen LogP contribution in [0.1, 0.15) is 55.2 Å². The number of nitrogens with zero attached hydrogens (tertiary/aromatic N) is 1. The third-order valence-electron chi connectivity index (χ3n) is 8.18. The van der Waals surface area contributed by atoms with Crippen molar-refractivity contribution in [1.82, 2.24) is 10.2 Å². The second-order valence-corrected chi connectivity index (χ2v) is 10.7. The number of carboxylic acid groups (broad SMARTS) is 1. The van der Waals surface area contributed by atoms with E-state index in [-0.39, 0.29) is 31.4 Å². The fourth-order valence-electron chi connectivity index (χ4n) is 6.08. The average molecular weight is 527 g/mol. The standard InChI is InChI=1S/C32H34N2O5/c1-32(30(37)34(19-17-29(35)36)20-22-10-3-2-4-11-22)18-9-16-28(32)33-31(38)39-21-27-25-14-7-5-12-23(25)24-13-6-8-15-26(24)27/h2-8,10-15,27-28H,9,16-21H2,1H3,(H,33,38)(H,35,36). The van der Waals surface area contributed by atoms with Gasteiger partial charge in [-0.3, -0.25) is 9.59 Å². The van der Waals surface area contributed by atoms with Crippen molar-refractivity contribution in [2.75, 3.05) is 13.2 Å². The van der Waals surface area contributed by atoms with Gasteiger partial charge in [0.1, 0.15) is 6.61 Å². The van der Waals surface area contributed by atoms with Crippen LogP contribution in [0.5, 0.6) is 0 Å². The van der Waals surface area contributed by atoms with Gasteiger partial charge in [-0.15, -0.1) is 0 Å².